The van der Waals surface area contributed by atoms with Crippen molar-refractivity contribution < 1.29 is 9.53 Å². The molecule has 0 atom stereocenters. The van der Waals surface area contributed by atoms with Crippen LogP contribution in [0.25, 0.3) is 0 Å². The van der Waals surface area contributed by atoms with Crippen LogP contribution in [0, 0.1) is 6.92 Å². The van der Waals surface area contributed by atoms with Crippen molar-refractivity contribution >= 4 is 11.6 Å². The van der Waals surface area contributed by atoms with Crippen LogP contribution in [0.5, 0.6) is 0 Å². The summed E-state index contributed by atoms with van der Waals surface area (Å²) in [6.45, 7) is 5.84. The Morgan fingerprint density at radius 3 is 2.84 bits per heavy atom. The predicted octanol–water partition coefficient (Wildman–Crippen LogP) is 1.83. The number of hydrogen-bond donors (Lipinski definition) is 3. The molecule has 4 N–H and O–H groups in total. The molecule has 1 amide bonds. The molecule has 0 aliphatic rings. The minimum absolute atomic E-state index is 0.146. The van der Waals surface area contributed by atoms with E-state index in [2.05, 4.69) is 17.7 Å². The van der Waals surface area contributed by atoms with E-state index in [1.165, 1.54) is 0 Å². The van der Waals surface area contributed by atoms with E-state index in [-0.39, 0.29) is 5.91 Å². The zero-order valence-electron chi connectivity index (χ0n) is 11.7. The molecule has 0 saturated carbocycles. The van der Waals surface area contributed by atoms with E-state index in [4.69, 9.17) is 10.6 Å². The Bertz CT molecular complexity index is 408. The summed E-state index contributed by atoms with van der Waals surface area (Å²) in [5.74, 6) is 5.27. The highest BCUT2D eigenvalue weighted by atomic mass is 16.5. The number of nitrogen functional groups attached to an aromatic ring is 1. The van der Waals surface area contributed by atoms with E-state index in [0.29, 0.717) is 24.4 Å². The Kier molecular flexibility index (Phi) is 6.92. The van der Waals surface area contributed by atoms with Gasteiger partial charge in [0.1, 0.15) is 0 Å². The van der Waals surface area contributed by atoms with E-state index in [1.807, 2.05) is 19.1 Å². The number of nitrogens with one attached hydrogen (secondary N) is 2. The number of benzene rings is 1. The quantitative estimate of drug-likeness (QED) is 0.381. The number of anilines is 1. The minimum atomic E-state index is -0.146. The Morgan fingerprint density at radius 1 is 1.37 bits per heavy atom. The fourth-order valence-corrected chi connectivity index (χ4v) is 1.66. The van der Waals surface area contributed by atoms with Crippen molar-refractivity contribution in [3.63, 3.8) is 0 Å². The molecule has 0 spiro atoms. The van der Waals surface area contributed by atoms with Gasteiger partial charge in [-0.3, -0.25) is 10.6 Å². The zero-order chi connectivity index (χ0) is 14.1. The molecule has 1 aromatic carbocycles. The Labute approximate surface area is 114 Å². The van der Waals surface area contributed by atoms with Crippen LogP contribution in [0.1, 0.15) is 35.7 Å². The summed E-state index contributed by atoms with van der Waals surface area (Å²) >= 11 is 0. The molecule has 0 heterocycles. The van der Waals surface area contributed by atoms with Gasteiger partial charge in [-0.25, -0.2) is 0 Å². The molecule has 5 heteroatoms. The fraction of sp³-hybridized carbons (Fsp3) is 0.500. The lowest BCUT2D eigenvalue weighted by Gasteiger charge is -2.10. The van der Waals surface area contributed by atoms with Gasteiger partial charge in [0.15, 0.2) is 0 Å². The first-order valence-electron chi connectivity index (χ1n) is 6.62. The van der Waals surface area contributed by atoms with Gasteiger partial charge in [-0.2, -0.15) is 0 Å². The molecular weight excluding hydrogens is 242 g/mol. The van der Waals surface area contributed by atoms with Crippen LogP contribution in [0.15, 0.2) is 18.2 Å². The highest BCUT2D eigenvalue weighted by Crippen LogP contribution is 2.16. The summed E-state index contributed by atoms with van der Waals surface area (Å²) in [6.07, 6.45) is 2.16. The number of rotatable bonds is 8. The van der Waals surface area contributed by atoms with E-state index in [9.17, 15) is 4.79 Å². The highest BCUT2D eigenvalue weighted by molar-refractivity contribution is 5.99. The molecule has 1 aromatic rings. The van der Waals surface area contributed by atoms with Crippen LogP contribution >= 0.6 is 0 Å². The fourth-order valence-electron chi connectivity index (χ4n) is 1.66. The first-order valence-corrected chi connectivity index (χ1v) is 6.62. The van der Waals surface area contributed by atoms with Crippen molar-refractivity contribution in [2.45, 2.75) is 26.7 Å². The van der Waals surface area contributed by atoms with Crippen LogP contribution in [-0.4, -0.2) is 25.7 Å². The van der Waals surface area contributed by atoms with Crippen molar-refractivity contribution in [1.82, 2.24) is 5.32 Å². The van der Waals surface area contributed by atoms with Crippen molar-refractivity contribution in [3.05, 3.63) is 29.3 Å². The topological polar surface area (TPSA) is 76.4 Å². The van der Waals surface area contributed by atoms with Gasteiger partial charge in [0.25, 0.3) is 5.91 Å². The van der Waals surface area contributed by atoms with Gasteiger partial charge in [0, 0.05) is 13.2 Å². The van der Waals surface area contributed by atoms with E-state index in [1.54, 1.807) is 6.07 Å². The Hall–Kier alpha value is -1.59. The second-order valence-electron chi connectivity index (χ2n) is 4.42. The monoisotopic (exact) mass is 265 g/mol. The van der Waals surface area contributed by atoms with Gasteiger partial charge < -0.3 is 15.5 Å². The van der Waals surface area contributed by atoms with Gasteiger partial charge in [-0.1, -0.05) is 19.4 Å². The summed E-state index contributed by atoms with van der Waals surface area (Å²) < 4.78 is 5.38. The van der Waals surface area contributed by atoms with Gasteiger partial charge in [-0.15, -0.1) is 0 Å². The molecule has 19 heavy (non-hydrogen) atoms. The molecule has 0 bridgehead atoms. The van der Waals surface area contributed by atoms with Gasteiger partial charge in [-0.05, 0) is 31.0 Å². The number of carbonyl (C=O) groups is 1. The summed E-state index contributed by atoms with van der Waals surface area (Å²) in [5.41, 5.74) is 4.76. The lowest BCUT2D eigenvalue weighted by atomic mass is 10.1. The van der Waals surface area contributed by atoms with Crippen LogP contribution in [0.4, 0.5) is 5.69 Å². The number of aryl methyl sites for hydroxylation is 1. The Morgan fingerprint density at radius 2 is 2.16 bits per heavy atom. The molecule has 0 aliphatic carbocycles. The summed E-state index contributed by atoms with van der Waals surface area (Å²) in [6, 6.07) is 5.48. The van der Waals surface area contributed by atoms with Crippen LogP contribution in [0.2, 0.25) is 0 Å². The normalized spacial score (nSPS) is 10.3. The maximum atomic E-state index is 12.0. The molecule has 5 nitrogen and oxygen atoms in total. The summed E-state index contributed by atoms with van der Waals surface area (Å²) in [7, 11) is 0. The van der Waals surface area contributed by atoms with Crippen molar-refractivity contribution in [1.29, 1.82) is 0 Å². The molecule has 0 fully saturated rings. The summed E-state index contributed by atoms with van der Waals surface area (Å²) in [5, 5.41) is 2.81. The molecule has 0 radical (unpaired) electrons. The standard InChI is InChI=1S/C14H23N3O2/c1-3-4-8-19-9-7-16-14(18)12-6-5-11(2)10-13(12)17-15/h5-6,10,17H,3-4,7-9,15H2,1-2H3,(H,16,18). The highest BCUT2D eigenvalue weighted by Gasteiger charge is 2.10. The molecule has 0 aliphatic heterocycles. The summed E-state index contributed by atoms with van der Waals surface area (Å²) in [4.78, 5) is 12.0. The molecule has 106 valence electrons. The maximum Gasteiger partial charge on any atom is 0.253 e. The predicted molar refractivity (Wildman–Crippen MR) is 77.0 cm³/mol. The van der Waals surface area contributed by atoms with Gasteiger partial charge in [0.05, 0.1) is 17.9 Å². The third-order valence-electron chi connectivity index (χ3n) is 2.75. The number of hydrogen-bond acceptors (Lipinski definition) is 4. The number of hydrazine groups is 1. The second kappa shape index (κ2) is 8.50. The zero-order valence-corrected chi connectivity index (χ0v) is 11.7. The lowest BCUT2D eigenvalue weighted by Crippen LogP contribution is -2.28. The third kappa shape index (κ3) is 5.28. The largest absolute Gasteiger partial charge is 0.380 e. The number of carbonyl (C=O) groups excluding carboxylic acids is 1. The minimum Gasteiger partial charge on any atom is -0.380 e. The van der Waals surface area contributed by atoms with Crippen molar-refractivity contribution in [2.24, 2.45) is 5.84 Å². The second-order valence-corrected chi connectivity index (χ2v) is 4.42. The number of unbranched alkanes of at least 4 members (excludes halogenated alkanes) is 1. The van der Waals surface area contributed by atoms with E-state index >= 15 is 0 Å². The van der Waals surface area contributed by atoms with E-state index < -0.39 is 0 Å². The number of nitrogens with two attached hydrogens (primary N) is 1. The molecule has 0 saturated heterocycles. The molecule has 1 rings (SSSR count). The average Bonchev–Trinajstić information content (AvgIpc) is 2.42. The number of ether oxygens (including phenoxy) is 1. The third-order valence-corrected chi connectivity index (χ3v) is 2.75. The Balaban J connectivity index is 2.41. The average molecular weight is 265 g/mol. The molecule has 0 aromatic heterocycles. The maximum absolute atomic E-state index is 12.0. The van der Waals surface area contributed by atoms with Crippen LogP contribution in [-0.2, 0) is 4.74 Å². The first kappa shape index (κ1) is 15.5. The van der Waals surface area contributed by atoms with Gasteiger partial charge in [0.2, 0.25) is 0 Å². The van der Waals surface area contributed by atoms with Crippen molar-refractivity contribution in [2.75, 3.05) is 25.2 Å². The molecular formula is C14H23N3O2. The molecule has 0 unspecified atom stereocenters. The van der Waals surface area contributed by atoms with Gasteiger partial charge >= 0.3 is 0 Å². The van der Waals surface area contributed by atoms with Crippen LogP contribution in [0.3, 0.4) is 0 Å². The smallest absolute Gasteiger partial charge is 0.253 e. The van der Waals surface area contributed by atoms with E-state index in [0.717, 1.165) is 25.0 Å². The SMILES string of the molecule is CCCCOCCNC(=O)c1ccc(C)cc1NN. The number of amides is 1. The van der Waals surface area contributed by atoms with Crippen LogP contribution < -0.4 is 16.6 Å². The first-order chi connectivity index (χ1) is 9.19. The van der Waals surface area contributed by atoms with Crippen molar-refractivity contribution in [3.8, 4) is 0 Å². The lowest BCUT2D eigenvalue weighted by molar-refractivity contribution is 0.0913.